The lowest BCUT2D eigenvalue weighted by Gasteiger charge is -1.86. The third-order valence-corrected chi connectivity index (χ3v) is 2.54. The monoisotopic (exact) mass is 185 g/mol. The van der Waals surface area contributed by atoms with Crippen molar-refractivity contribution in [3.05, 3.63) is 15.8 Å². The number of hydrogen-bond donors (Lipinski definition) is 2. The minimum absolute atomic E-state index is 0.0280. The van der Waals surface area contributed by atoms with Crippen LogP contribution in [0.25, 0.3) is 0 Å². The van der Waals surface area contributed by atoms with E-state index in [-0.39, 0.29) is 16.3 Å². The Morgan fingerprint density at radius 1 is 1.58 bits per heavy atom. The molecule has 0 unspecified atom stereocenters. The van der Waals surface area contributed by atoms with E-state index in [2.05, 4.69) is 0 Å². The molecule has 0 saturated carbocycles. The van der Waals surface area contributed by atoms with Gasteiger partial charge in [-0.1, -0.05) is 0 Å². The molecule has 5 heteroatoms. The van der Waals surface area contributed by atoms with Gasteiger partial charge in [0.05, 0.1) is 10.6 Å². The number of carboxylic acid groups (broad SMARTS) is 1. The van der Waals surface area contributed by atoms with Gasteiger partial charge in [-0.3, -0.25) is 4.79 Å². The van der Waals surface area contributed by atoms with Crippen LogP contribution in [-0.4, -0.2) is 16.9 Å². The van der Waals surface area contributed by atoms with Crippen LogP contribution in [0.3, 0.4) is 0 Å². The van der Waals surface area contributed by atoms with Gasteiger partial charge in [-0.25, -0.2) is 4.79 Å². The summed E-state index contributed by atoms with van der Waals surface area (Å²) in [7, 11) is 0. The zero-order valence-electron chi connectivity index (χ0n) is 6.33. The van der Waals surface area contributed by atoms with Crippen LogP contribution in [0.2, 0.25) is 0 Å². The lowest BCUT2D eigenvalue weighted by molar-refractivity contribution is 0.0703. The average molecular weight is 185 g/mol. The molecule has 4 nitrogen and oxygen atoms in total. The van der Waals surface area contributed by atoms with Crippen LogP contribution in [0.15, 0.2) is 6.07 Å². The smallest absolute Gasteiger partial charge is 0.348 e. The summed E-state index contributed by atoms with van der Waals surface area (Å²) >= 11 is 0.902. The number of carbonyl (C=O) groups excluding carboxylic acids is 1. The van der Waals surface area contributed by atoms with E-state index < -0.39 is 5.97 Å². The molecule has 0 aliphatic carbocycles. The topological polar surface area (TPSA) is 80.4 Å². The van der Waals surface area contributed by atoms with E-state index in [0.717, 1.165) is 11.3 Å². The normalized spacial score (nSPS) is 9.75. The van der Waals surface area contributed by atoms with Crippen LogP contribution < -0.4 is 5.73 Å². The summed E-state index contributed by atoms with van der Waals surface area (Å²) in [6.07, 6.45) is 0. The van der Waals surface area contributed by atoms with E-state index in [1.54, 1.807) is 0 Å². The minimum atomic E-state index is -1.09. The number of nitrogen functional groups attached to an aromatic ring is 1. The Morgan fingerprint density at radius 3 is 2.42 bits per heavy atom. The van der Waals surface area contributed by atoms with E-state index in [1.165, 1.54) is 13.0 Å². The van der Waals surface area contributed by atoms with Gasteiger partial charge >= 0.3 is 5.97 Å². The lowest BCUT2D eigenvalue weighted by atomic mass is 10.3. The fraction of sp³-hybridized carbons (Fsp3) is 0.143. The molecule has 0 spiro atoms. The molecule has 0 aliphatic rings. The molecule has 64 valence electrons. The molecule has 1 heterocycles. The molecule has 1 aromatic rings. The van der Waals surface area contributed by atoms with Crippen LogP contribution in [0.5, 0.6) is 0 Å². The number of hydrogen-bond acceptors (Lipinski definition) is 4. The van der Waals surface area contributed by atoms with Crippen molar-refractivity contribution in [1.29, 1.82) is 0 Å². The maximum absolute atomic E-state index is 10.8. The molecule has 1 rings (SSSR count). The van der Waals surface area contributed by atoms with Crippen LogP contribution in [0.4, 0.5) is 5.69 Å². The molecule has 0 saturated heterocycles. The number of nitrogens with two attached hydrogens (primary N) is 1. The summed E-state index contributed by atoms with van der Waals surface area (Å²) in [4.78, 5) is 21.7. The van der Waals surface area contributed by atoms with Crippen LogP contribution in [0, 0.1) is 0 Å². The maximum atomic E-state index is 10.8. The largest absolute Gasteiger partial charge is 0.477 e. The Hall–Kier alpha value is -1.36. The Balaban J connectivity index is 3.17. The average Bonchev–Trinajstić information content (AvgIpc) is 2.30. The molecule has 0 radical (unpaired) electrons. The van der Waals surface area contributed by atoms with Gasteiger partial charge in [0, 0.05) is 0 Å². The second-order valence-electron chi connectivity index (χ2n) is 2.26. The van der Waals surface area contributed by atoms with Gasteiger partial charge in [0.2, 0.25) is 0 Å². The van der Waals surface area contributed by atoms with Crippen molar-refractivity contribution in [1.82, 2.24) is 0 Å². The number of anilines is 1. The molecule has 0 aliphatic heterocycles. The number of aromatic carboxylic acids is 1. The molecule has 0 bridgehead atoms. The summed E-state index contributed by atoms with van der Waals surface area (Å²) in [5, 5.41) is 8.58. The van der Waals surface area contributed by atoms with Gasteiger partial charge in [-0.05, 0) is 13.0 Å². The first kappa shape index (κ1) is 8.73. The van der Waals surface area contributed by atoms with Crippen molar-refractivity contribution in [3.8, 4) is 0 Å². The van der Waals surface area contributed by atoms with Crippen molar-refractivity contribution in [2.24, 2.45) is 0 Å². The first-order chi connectivity index (χ1) is 5.52. The van der Waals surface area contributed by atoms with Crippen LogP contribution in [0.1, 0.15) is 26.3 Å². The molecule has 3 N–H and O–H groups in total. The molecular formula is C7H7NO3S. The number of Topliss-reactive ketones (excluding diaryl/α,β-unsaturated/α-hetero) is 1. The number of thiophene rings is 1. The Labute approximate surface area is 72.6 Å². The van der Waals surface area contributed by atoms with Crippen molar-refractivity contribution >= 4 is 28.8 Å². The Morgan fingerprint density at radius 2 is 2.17 bits per heavy atom. The molecule has 0 amide bonds. The highest BCUT2D eigenvalue weighted by atomic mass is 32.1. The highest BCUT2D eigenvalue weighted by molar-refractivity contribution is 7.16. The van der Waals surface area contributed by atoms with Crippen LogP contribution >= 0.6 is 11.3 Å². The predicted octanol–water partition coefficient (Wildman–Crippen LogP) is 1.23. The predicted molar refractivity (Wildman–Crippen MR) is 45.7 cm³/mol. The first-order valence-corrected chi connectivity index (χ1v) is 3.97. The third kappa shape index (κ3) is 1.45. The number of carbonyl (C=O) groups is 2. The van der Waals surface area contributed by atoms with E-state index in [4.69, 9.17) is 10.8 Å². The van der Waals surface area contributed by atoms with Gasteiger partial charge in [-0.15, -0.1) is 11.3 Å². The molecule has 0 atom stereocenters. The summed E-state index contributed by atoms with van der Waals surface area (Å²) in [5.41, 5.74) is 5.51. The standard InChI is InChI=1S/C7H7NO3S/c1-3(9)5-2-4(8)6(12-5)7(10)11/h2H,8H2,1H3,(H,10,11). The number of rotatable bonds is 2. The summed E-state index contributed by atoms with van der Waals surface area (Å²) in [6.45, 7) is 1.37. The summed E-state index contributed by atoms with van der Waals surface area (Å²) < 4.78 is 0. The van der Waals surface area contributed by atoms with Crippen molar-refractivity contribution in [2.75, 3.05) is 5.73 Å². The molecular weight excluding hydrogens is 178 g/mol. The highest BCUT2D eigenvalue weighted by Gasteiger charge is 2.14. The van der Waals surface area contributed by atoms with Gasteiger partial charge < -0.3 is 10.8 Å². The summed E-state index contributed by atoms with van der Waals surface area (Å²) in [5.74, 6) is -1.26. The third-order valence-electron chi connectivity index (χ3n) is 1.30. The maximum Gasteiger partial charge on any atom is 0.348 e. The number of ketones is 1. The Bertz CT molecular complexity index is 342. The molecule has 0 aromatic carbocycles. The second kappa shape index (κ2) is 2.94. The van der Waals surface area contributed by atoms with Crippen molar-refractivity contribution in [2.45, 2.75) is 6.92 Å². The first-order valence-electron chi connectivity index (χ1n) is 3.16. The lowest BCUT2D eigenvalue weighted by Crippen LogP contribution is -1.96. The molecule has 0 fully saturated rings. The summed E-state index contributed by atoms with van der Waals surface area (Å²) in [6, 6.07) is 1.39. The second-order valence-corrected chi connectivity index (χ2v) is 3.31. The molecule has 1 aromatic heterocycles. The number of carboxylic acids is 1. The quantitative estimate of drug-likeness (QED) is 0.679. The van der Waals surface area contributed by atoms with Crippen molar-refractivity contribution < 1.29 is 14.7 Å². The van der Waals surface area contributed by atoms with E-state index in [9.17, 15) is 9.59 Å². The fourth-order valence-electron chi connectivity index (χ4n) is 0.746. The van der Waals surface area contributed by atoms with Crippen molar-refractivity contribution in [3.63, 3.8) is 0 Å². The zero-order valence-corrected chi connectivity index (χ0v) is 7.14. The van der Waals surface area contributed by atoms with Gasteiger partial charge in [-0.2, -0.15) is 0 Å². The van der Waals surface area contributed by atoms with E-state index in [1.807, 2.05) is 0 Å². The van der Waals surface area contributed by atoms with Gasteiger partial charge in [0.1, 0.15) is 4.88 Å². The SMILES string of the molecule is CC(=O)c1cc(N)c(C(=O)O)s1. The van der Waals surface area contributed by atoms with E-state index in [0.29, 0.717) is 4.88 Å². The Kier molecular flexibility index (Phi) is 2.14. The van der Waals surface area contributed by atoms with E-state index >= 15 is 0 Å². The highest BCUT2D eigenvalue weighted by Crippen LogP contribution is 2.24. The zero-order chi connectivity index (χ0) is 9.30. The van der Waals surface area contributed by atoms with Gasteiger partial charge in [0.15, 0.2) is 5.78 Å². The minimum Gasteiger partial charge on any atom is -0.477 e. The van der Waals surface area contributed by atoms with Crippen LogP contribution in [-0.2, 0) is 0 Å². The fourth-order valence-corrected chi connectivity index (χ4v) is 1.56. The molecule has 12 heavy (non-hydrogen) atoms. The van der Waals surface area contributed by atoms with Gasteiger partial charge in [0.25, 0.3) is 0 Å².